The number of amides is 2. The average molecular weight is 522 g/mol. The molecule has 0 unspecified atom stereocenters. The number of rotatable bonds is 9. The second kappa shape index (κ2) is 11.4. The Kier molecular flexibility index (Phi) is 9.36. The smallest absolute Gasteiger partial charge is 0.244 e. The molecule has 2 aromatic rings. The molecule has 0 aliphatic carbocycles. The van der Waals surface area contributed by atoms with Gasteiger partial charge in [-0.2, -0.15) is 0 Å². The van der Waals surface area contributed by atoms with Crippen molar-refractivity contribution in [3.05, 3.63) is 64.7 Å². The summed E-state index contributed by atoms with van der Waals surface area (Å²) in [4.78, 5) is 27.9. The van der Waals surface area contributed by atoms with E-state index in [1.165, 1.54) is 4.90 Å². The molecule has 0 fully saturated rings. The molecular weight excluding hydrogens is 486 g/mol. The van der Waals surface area contributed by atoms with Gasteiger partial charge in [0.2, 0.25) is 21.8 Å². The Morgan fingerprint density at radius 2 is 1.63 bits per heavy atom. The van der Waals surface area contributed by atoms with E-state index in [1.54, 1.807) is 43.3 Å². The van der Waals surface area contributed by atoms with E-state index in [1.807, 2.05) is 46.8 Å². The van der Waals surface area contributed by atoms with Crippen molar-refractivity contribution >= 4 is 39.1 Å². The van der Waals surface area contributed by atoms with E-state index in [9.17, 15) is 18.0 Å². The molecule has 0 spiro atoms. The second-order valence-corrected chi connectivity index (χ2v) is 12.4. The molecule has 1 atom stereocenters. The molecule has 2 aromatic carbocycles. The van der Waals surface area contributed by atoms with Gasteiger partial charge >= 0.3 is 0 Å². The van der Waals surface area contributed by atoms with Crippen molar-refractivity contribution in [2.45, 2.75) is 65.6 Å². The fourth-order valence-corrected chi connectivity index (χ4v) is 4.59. The molecule has 0 aromatic heterocycles. The molecule has 0 aliphatic rings. The van der Waals surface area contributed by atoms with Crippen LogP contribution in [0.15, 0.2) is 48.5 Å². The molecular formula is C26H36ClN3O4S. The zero-order valence-electron chi connectivity index (χ0n) is 21.5. The van der Waals surface area contributed by atoms with Crippen LogP contribution in [-0.4, -0.2) is 49.5 Å². The highest BCUT2D eigenvalue weighted by Crippen LogP contribution is 2.23. The topological polar surface area (TPSA) is 86.8 Å². The Balaban J connectivity index is 2.40. The number of halogens is 1. The molecule has 7 nitrogen and oxygen atoms in total. The van der Waals surface area contributed by atoms with Crippen LogP contribution in [0.5, 0.6) is 0 Å². The fourth-order valence-electron chi connectivity index (χ4n) is 3.53. The minimum Gasteiger partial charge on any atom is -0.350 e. The van der Waals surface area contributed by atoms with Gasteiger partial charge in [0, 0.05) is 17.1 Å². The van der Waals surface area contributed by atoms with Crippen LogP contribution in [0.25, 0.3) is 0 Å². The van der Waals surface area contributed by atoms with Crippen molar-refractivity contribution in [3.63, 3.8) is 0 Å². The minimum atomic E-state index is -3.77. The Bertz CT molecular complexity index is 1140. The number of anilines is 1. The predicted molar refractivity (Wildman–Crippen MR) is 142 cm³/mol. The molecule has 2 amide bonds. The van der Waals surface area contributed by atoms with Crippen LogP contribution in [-0.2, 0) is 26.2 Å². The SMILES string of the molecule is CC(C)c1ccc(N(CC(=O)N(Cc2cccc(Cl)c2)[C@@H](C)C(=O)NC(C)(C)C)S(C)(=O)=O)cc1. The van der Waals surface area contributed by atoms with Gasteiger partial charge in [-0.3, -0.25) is 13.9 Å². The molecule has 0 radical (unpaired) electrons. The van der Waals surface area contributed by atoms with E-state index in [0.29, 0.717) is 10.7 Å². The molecule has 0 saturated heterocycles. The van der Waals surface area contributed by atoms with Crippen LogP contribution in [0.4, 0.5) is 5.69 Å². The highest BCUT2D eigenvalue weighted by Gasteiger charge is 2.31. The summed E-state index contributed by atoms with van der Waals surface area (Å²) in [6, 6.07) is 13.3. The summed E-state index contributed by atoms with van der Waals surface area (Å²) >= 11 is 6.13. The zero-order chi connectivity index (χ0) is 26.6. The van der Waals surface area contributed by atoms with Crippen molar-refractivity contribution < 1.29 is 18.0 Å². The van der Waals surface area contributed by atoms with Crippen LogP contribution in [0.1, 0.15) is 58.6 Å². The lowest BCUT2D eigenvalue weighted by Gasteiger charge is -2.33. The molecule has 0 bridgehead atoms. The third kappa shape index (κ3) is 8.54. The zero-order valence-corrected chi connectivity index (χ0v) is 23.1. The maximum atomic E-state index is 13.6. The summed E-state index contributed by atoms with van der Waals surface area (Å²) in [5, 5.41) is 3.40. The summed E-state index contributed by atoms with van der Waals surface area (Å²) in [6.07, 6.45) is 1.06. The van der Waals surface area contributed by atoms with Crippen LogP contribution < -0.4 is 9.62 Å². The van der Waals surface area contributed by atoms with Gasteiger partial charge in [-0.25, -0.2) is 8.42 Å². The highest BCUT2D eigenvalue weighted by atomic mass is 35.5. The minimum absolute atomic E-state index is 0.0992. The number of nitrogens with zero attached hydrogens (tertiary/aromatic N) is 2. The fraction of sp³-hybridized carbons (Fsp3) is 0.462. The van der Waals surface area contributed by atoms with Crippen LogP contribution in [0, 0.1) is 0 Å². The number of carbonyl (C=O) groups is 2. The Hall–Kier alpha value is -2.58. The van der Waals surface area contributed by atoms with Gasteiger partial charge in [0.05, 0.1) is 11.9 Å². The van der Waals surface area contributed by atoms with E-state index in [2.05, 4.69) is 5.32 Å². The normalized spacial score (nSPS) is 12.8. The molecule has 9 heteroatoms. The third-order valence-electron chi connectivity index (χ3n) is 5.43. The predicted octanol–water partition coefficient (Wildman–Crippen LogP) is 4.56. The van der Waals surface area contributed by atoms with E-state index in [4.69, 9.17) is 11.6 Å². The first kappa shape index (κ1) is 28.7. The Morgan fingerprint density at radius 1 is 1.03 bits per heavy atom. The summed E-state index contributed by atoms with van der Waals surface area (Å²) in [7, 11) is -3.77. The summed E-state index contributed by atoms with van der Waals surface area (Å²) in [6.45, 7) is 10.9. The van der Waals surface area contributed by atoms with Gasteiger partial charge in [-0.1, -0.05) is 49.7 Å². The molecule has 192 valence electrons. The number of benzene rings is 2. The van der Waals surface area contributed by atoms with Crippen molar-refractivity contribution in [3.8, 4) is 0 Å². The van der Waals surface area contributed by atoms with Crippen LogP contribution >= 0.6 is 11.6 Å². The van der Waals surface area contributed by atoms with Crippen molar-refractivity contribution in [1.82, 2.24) is 10.2 Å². The standard InChI is InChI=1S/C26H36ClN3O4S/c1-18(2)21-11-13-23(14-12-21)30(35(7,33)34)17-24(31)29(16-20-9-8-10-22(27)15-20)19(3)25(32)28-26(4,5)6/h8-15,18-19H,16-17H2,1-7H3,(H,28,32)/t19-/m0/s1. The molecule has 0 heterocycles. The van der Waals surface area contributed by atoms with E-state index >= 15 is 0 Å². The van der Waals surface area contributed by atoms with Crippen LogP contribution in [0.3, 0.4) is 0 Å². The number of sulfonamides is 1. The van der Waals surface area contributed by atoms with Crippen molar-refractivity contribution in [2.75, 3.05) is 17.1 Å². The van der Waals surface area contributed by atoms with Crippen molar-refractivity contribution in [2.24, 2.45) is 0 Å². The lowest BCUT2D eigenvalue weighted by atomic mass is 10.0. The number of hydrogen-bond acceptors (Lipinski definition) is 4. The van der Waals surface area contributed by atoms with E-state index < -0.39 is 34.1 Å². The summed E-state index contributed by atoms with van der Waals surface area (Å²) in [5.41, 5.74) is 1.68. The number of carbonyl (C=O) groups excluding carboxylic acids is 2. The third-order valence-corrected chi connectivity index (χ3v) is 6.81. The quantitative estimate of drug-likeness (QED) is 0.524. The molecule has 0 aliphatic heterocycles. The lowest BCUT2D eigenvalue weighted by molar-refractivity contribution is -0.140. The molecule has 0 saturated carbocycles. The summed E-state index contributed by atoms with van der Waals surface area (Å²) < 4.78 is 26.4. The average Bonchev–Trinajstić information content (AvgIpc) is 2.73. The number of hydrogen-bond donors (Lipinski definition) is 1. The Labute approximate surface area is 214 Å². The first-order valence-corrected chi connectivity index (χ1v) is 13.7. The maximum absolute atomic E-state index is 13.6. The van der Waals surface area contributed by atoms with Crippen LogP contribution in [0.2, 0.25) is 5.02 Å². The van der Waals surface area contributed by atoms with Gasteiger partial charge in [-0.15, -0.1) is 0 Å². The van der Waals surface area contributed by atoms with Gasteiger partial charge in [0.1, 0.15) is 12.6 Å². The molecule has 35 heavy (non-hydrogen) atoms. The van der Waals surface area contributed by atoms with Gasteiger partial charge in [0.25, 0.3) is 0 Å². The van der Waals surface area contributed by atoms with Crippen molar-refractivity contribution in [1.29, 1.82) is 0 Å². The van der Waals surface area contributed by atoms with Gasteiger partial charge in [0.15, 0.2) is 0 Å². The van der Waals surface area contributed by atoms with E-state index in [-0.39, 0.29) is 18.4 Å². The largest absolute Gasteiger partial charge is 0.350 e. The molecule has 1 N–H and O–H groups in total. The lowest BCUT2D eigenvalue weighted by Crippen LogP contribution is -2.54. The highest BCUT2D eigenvalue weighted by molar-refractivity contribution is 7.92. The first-order valence-electron chi connectivity index (χ1n) is 11.5. The van der Waals surface area contributed by atoms with Gasteiger partial charge in [-0.05, 0) is 69.0 Å². The monoisotopic (exact) mass is 521 g/mol. The molecule has 2 rings (SSSR count). The summed E-state index contributed by atoms with van der Waals surface area (Å²) in [5.74, 6) is -0.548. The van der Waals surface area contributed by atoms with Gasteiger partial charge < -0.3 is 10.2 Å². The number of nitrogens with one attached hydrogen (secondary N) is 1. The Morgan fingerprint density at radius 3 is 2.11 bits per heavy atom. The second-order valence-electron chi connectivity index (χ2n) is 10.1. The first-order chi connectivity index (χ1) is 16.1. The van der Waals surface area contributed by atoms with E-state index in [0.717, 1.165) is 21.7 Å². The maximum Gasteiger partial charge on any atom is 0.244 e.